The third-order valence-corrected chi connectivity index (χ3v) is 3.85. The summed E-state index contributed by atoms with van der Waals surface area (Å²) in [5, 5.41) is 10.1. The molecule has 0 saturated heterocycles. The van der Waals surface area contributed by atoms with Crippen molar-refractivity contribution in [3.63, 3.8) is 0 Å². The summed E-state index contributed by atoms with van der Waals surface area (Å²) in [7, 11) is 0. The van der Waals surface area contributed by atoms with Crippen molar-refractivity contribution in [3.05, 3.63) is 33.8 Å². The summed E-state index contributed by atoms with van der Waals surface area (Å²) in [6, 6.07) is 5.36. The monoisotopic (exact) mass is 470 g/mol. The average Bonchev–Trinajstić information content (AvgIpc) is 3.30. The van der Waals surface area contributed by atoms with Gasteiger partial charge in [-0.15, -0.1) is 24.0 Å². The van der Waals surface area contributed by atoms with Crippen molar-refractivity contribution in [1.29, 1.82) is 0 Å². The van der Waals surface area contributed by atoms with Gasteiger partial charge in [0, 0.05) is 24.7 Å². The molecule has 1 aromatic carbocycles. The van der Waals surface area contributed by atoms with Crippen molar-refractivity contribution in [2.75, 3.05) is 19.6 Å². The summed E-state index contributed by atoms with van der Waals surface area (Å²) in [5.74, 6) is 0.614. The Hall–Kier alpha value is -0.730. The van der Waals surface area contributed by atoms with Gasteiger partial charge >= 0.3 is 0 Å². The molecule has 1 amide bonds. The van der Waals surface area contributed by atoms with Crippen molar-refractivity contribution in [1.82, 2.24) is 16.0 Å². The predicted molar refractivity (Wildman–Crippen MR) is 106 cm³/mol. The summed E-state index contributed by atoms with van der Waals surface area (Å²) in [6.07, 6.45) is 2.39. The van der Waals surface area contributed by atoms with Gasteiger partial charge in [0.1, 0.15) is 0 Å². The highest BCUT2D eigenvalue weighted by atomic mass is 127. The summed E-state index contributed by atoms with van der Waals surface area (Å²) in [4.78, 5) is 16.4. The van der Waals surface area contributed by atoms with Gasteiger partial charge in [-0.1, -0.05) is 23.2 Å². The van der Waals surface area contributed by atoms with Crippen molar-refractivity contribution < 1.29 is 4.79 Å². The largest absolute Gasteiger partial charge is 0.357 e. The normalized spacial score (nSPS) is 14.0. The van der Waals surface area contributed by atoms with Gasteiger partial charge in [0.25, 0.3) is 5.91 Å². The zero-order chi connectivity index (χ0) is 15.9. The second-order valence-corrected chi connectivity index (χ2v) is 5.88. The van der Waals surface area contributed by atoms with E-state index < -0.39 is 0 Å². The molecule has 8 heteroatoms. The van der Waals surface area contributed by atoms with E-state index in [4.69, 9.17) is 23.2 Å². The fraction of sp³-hybridized carbons (Fsp3) is 0.467. The van der Waals surface area contributed by atoms with Crippen LogP contribution >= 0.6 is 47.2 Å². The third-order valence-electron chi connectivity index (χ3n) is 3.11. The van der Waals surface area contributed by atoms with Crippen molar-refractivity contribution in [3.8, 4) is 0 Å². The van der Waals surface area contributed by atoms with Crippen LogP contribution in [0.3, 0.4) is 0 Å². The van der Waals surface area contributed by atoms with Gasteiger partial charge in [0.2, 0.25) is 0 Å². The van der Waals surface area contributed by atoms with E-state index in [9.17, 15) is 4.79 Å². The van der Waals surface area contributed by atoms with E-state index >= 15 is 0 Å². The molecule has 0 bridgehead atoms. The number of nitrogens with one attached hydrogen (secondary N) is 3. The topological polar surface area (TPSA) is 65.5 Å². The lowest BCUT2D eigenvalue weighted by atomic mass is 10.2. The zero-order valence-electron chi connectivity index (χ0n) is 12.9. The Balaban J connectivity index is 0.00000264. The summed E-state index contributed by atoms with van der Waals surface area (Å²) < 4.78 is 0. The van der Waals surface area contributed by atoms with Crippen LogP contribution in [0.1, 0.15) is 30.1 Å². The Kier molecular flexibility index (Phi) is 9.01. The Bertz CT molecular complexity index is 564. The van der Waals surface area contributed by atoms with Gasteiger partial charge in [-0.2, -0.15) is 0 Å². The van der Waals surface area contributed by atoms with E-state index in [1.165, 1.54) is 12.8 Å². The summed E-state index contributed by atoms with van der Waals surface area (Å²) in [5.41, 5.74) is 0.487. The maximum atomic E-state index is 12.0. The Morgan fingerprint density at radius 2 is 2.00 bits per heavy atom. The highest BCUT2D eigenvalue weighted by Crippen LogP contribution is 2.22. The van der Waals surface area contributed by atoms with Crippen molar-refractivity contribution in [2.24, 2.45) is 4.99 Å². The zero-order valence-corrected chi connectivity index (χ0v) is 16.7. The lowest BCUT2D eigenvalue weighted by Crippen LogP contribution is -2.39. The molecule has 128 valence electrons. The lowest BCUT2D eigenvalue weighted by Gasteiger charge is -2.10. The number of hydrogen-bond donors (Lipinski definition) is 3. The van der Waals surface area contributed by atoms with Crippen LogP contribution in [0.15, 0.2) is 23.2 Å². The molecule has 2 rings (SSSR count). The number of aliphatic imine (C=N–C) groups is 1. The fourth-order valence-electron chi connectivity index (χ4n) is 1.82. The predicted octanol–water partition coefficient (Wildman–Crippen LogP) is 3.06. The van der Waals surface area contributed by atoms with E-state index in [0.717, 1.165) is 12.5 Å². The van der Waals surface area contributed by atoms with Gasteiger partial charge in [-0.3, -0.25) is 9.79 Å². The van der Waals surface area contributed by atoms with Gasteiger partial charge < -0.3 is 16.0 Å². The molecule has 23 heavy (non-hydrogen) atoms. The number of amides is 1. The van der Waals surface area contributed by atoms with Crippen molar-refractivity contribution >= 4 is 59.0 Å². The maximum absolute atomic E-state index is 12.0. The van der Waals surface area contributed by atoms with Crippen LogP contribution in [-0.2, 0) is 0 Å². The molecule has 0 aromatic heterocycles. The quantitative estimate of drug-likeness (QED) is 0.259. The number of halogens is 3. The smallest absolute Gasteiger partial charge is 0.251 e. The standard InChI is InChI=1S/C15H20Cl2N4O.HI/c1-2-18-15(21-11-4-5-11)20-8-7-19-14(22)10-3-6-12(16)13(17)9-10;/h3,6,9,11H,2,4-5,7-8H2,1H3,(H,19,22)(H2,18,20,21);1H. The highest BCUT2D eigenvalue weighted by Gasteiger charge is 2.21. The molecule has 1 aliphatic rings. The molecule has 1 saturated carbocycles. The first kappa shape index (κ1) is 20.3. The van der Waals surface area contributed by atoms with E-state index in [1.807, 2.05) is 6.92 Å². The number of hydrogen-bond acceptors (Lipinski definition) is 2. The lowest BCUT2D eigenvalue weighted by molar-refractivity contribution is 0.0955. The molecule has 0 aliphatic heterocycles. The molecule has 0 radical (unpaired) electrons. The van der Waals surface area contributed by atoms with Gasteiger partial charge in [-0.25, -0.2) is 0 Å². The van der Waals surface area contributed by atoms with E-state index in [1.54, 1.807) is 18.2 Å². The number of guanidine groups is 1. The van der Waals surface area contributed by atoms with Crippen LogP contribution in [0, 0.1) is 0 Å². The molecule has 1 fully saturated rings. The number of carbonyl (C=O) groups is 1. The minimum Gasteiger partial charge on any atom is -0.357 e. The Morgan fingerprint density at radius 1 is 1.26 bits per heavy atom. The molecular formula is C15H21Cl2IN4O. The second kappa shape index (κ2) is 10.2. The van der Waals surface area contributed by atoms with E-state index in [-0.39, 0.29) is 29.9 Å². The Labute approximate surface area is 163 Å². The number of carbonyl (C=O) groups excluding carboxylic acids is 1. The minimum atomic E-state index is -0.186. The van der Waals surface area contributed by atoms with Gasteiger partial charge in [0.05, 0.1) is 16.6 Å². The SMILES string of the molecule is CCNC(=NCCNC(=O)c1ccc(Cl)c(Cl)c1)NC1CC1.I. The van der Waals surface area contributed by atoms with Crippen LogP contribution < -0.4 is 16.0 Å². The molecule has 5 nitrogen and oxygen atoms in total. The highest BCUT2D eigenvalue weighted by molar-refractivity contribution is 14.0. The summed E-state index contributed by atoms with van der Waals surface area (Å²) >= 11 is 11.7. The van der Waals surface area contributed by atoms with Crippen LogP contribution in [0.5, 0.6) is 0 Å². The van der Waals surface area contributed by atoms with Crippen LogP contribution in [0.4, 0.5) is 0 Å². The molecule has 0 spiro atoms. The number of rotatable bonds is 6. The van der Waals surface area contributed by atoms with Gasteiger partial charge in [0.15, 0.2) is 5.96 Å². The third kappa shape index (κ3) is 7.14. The first-order valence-electron chi connectivity index (χ1n) is 7.38. The molecule has 1 aliphatic carbocycles. The average molecular weight is 471 g/mol. The molecule has 1 aromatic rings. The fourth-order valence-corrected chi connectivity index (χ4v) is 2.12. The van der Waals surface area contributed by atoms with Crippen LogP contribution in [0.2, 0.25) is 10.0 Å². The molecule has 0 heterocycles. The molecule has 0 unspecified atom stereocenters. The summed E-state index contributed by atoms with van der Waals surface area (Å²) in [6.45, 7) is 3.81. The molecule has 0 atom stereocenters. The second-order valence-electron chi connectivity index (χ2n) is 5.06. The van der Waals surface area contributed by atoms with Crippen LogP contribution in [-0.4, -0.2) is 37.5 Å². The Morgan fingerprint density at radius 3 is 2.61 bits per heavy atom. The minimum absolute atomic E-state index is 0. The van der Waals surface area contributed by atoms with E-state index in [2.05, 4.69) is 20.9 Å². The first-order valence-corrected chi connectivity index (χ1v) is 8.14. The maximum Gasteiger partial charge on any atom is 0.251 e. The number of benzene rings is 1. The van der Waals surface area contributed by atoms with Crippen molar-refractivity contribution in [2.45, 2.75) is 25.8 Å². The number of nitrogens with zero attached hydrogens (tertiary/aromatic N) is 1. The first-order chi connectivity index (χ1) is 10.6. The van der Waals surface area contributed by atoms with E-state index in [0.29, 0.717) is 34.7 Å². The molecule has 3 N–H and O–H groups in total. The van der Waals surface area contributed by atoms with Gasteiger partial charge in [-0.05, 0) is 38.0 Å². The molecular weight excluding hydrogens is 450 g/mol. The van der Waals surface area contributed by atoms with Crippen LogP contribution in [0.25, 0.3) is 0 Å².